The molecule has 1 fully saturated rings. The monoisotopic (exact) mass is 210 g/mol. The molecule has 0 aromatic heterocycles. The molecule has 0 radical (unpaired) electrons. The molecule has 0 amide bonds. The predicted octanol–water partition coefficient (Wildman–Crippen LogP) is 4.50. The van der Waals surface area contributed by atoms with E-state index in [0.717, 1.165) is 12.8 Å². The summed E-state index contributed by atoms with van der Waals surface area (Å²) in [5, 5.41) is 0. The zero-order chi connectivity index (χ0) is 10.9. The first-order valence-corrected chi connectivity index (χ1v) is 6.87. The second kappa shape index (κ2) is 7.90. The first-order valence-electron chi connectivity index (χ1n) is 6.87. The maximum absolute atomic E-state index is 11.4. The van der Waals surface area contributed by atoms with Crippen LogP contribution in [0.3, 0.4) is 0 Å². The first-order chi connectivity index (χ1) is 7.34. The number of hydrogen-bond donors (Lipinski definition) is 0. The molecular formula is C14H26O. The third kappa shape index (κ3) is 6.70. The normalized spacial score (nSPS) is 15.5. The molecule has 1 aliphatic carbocycles. The van der Waals surface area contributed by atoms with Crippen LogP contribution in [0, 0.1) is 5.92 Å². The quantitative estimate of drug-likeness (QED) is 0.485. The fraction of sp³-hybridized carbons (Fsp3) is 0.929. The van der Waals surface area contributed by atoms with Crippen molar-refractivity contribution >= 4 is 5.78 Å². The molecule has 1 saturated carbocycles. The van der Waals surface area contributed by atoms with Gasteiger partial charge in [-0.3, -0.25) is 4.79 Å². The highest BCUT2D eigenvalue weighted by Gasteiger charge is 2.28. The van der Waals surface area contributed by atoms with Crippen LogP contribution in [-0.4, -0.2) is 5.78 Å². The minimum absolute atomic E-state index is 0.481. The molecule has 0 spiro atoms. The summed E-state index contributed by atoms with van der Waals surface area (Å²) in [4.78, 5) is 11.4. The lowest BCUT2D eigenvalue weighted by molar-refractivity contribution is -0.120. The summed E-state index contributed by atoms with van der Waals surface area (Å²) in [6, 6.07) is 0. The highest BCUT2D eigenvalue weighted by molar-refractivity contribution is 5.82. The molecule has 1 nitrogen and oxygen atoms in total. The number of rotatable bonds is 10. The van der Waals surface area contributed by atoms with Crippen LogP contribution in [0.4, 0.5) is 0 Å². The Morgan fingerprint density at radius 3 is 2.00 bits per heavy atom. The van der Waals surface area contributed by atoms with Gasteiger partial charge in [0, 0.05) is 12.3 Å². The van der Waals surface area contributed by atoms with E-state index in [1.807, 2.05) is 0 Å². The van der Waals surface area contributed by atoms with E-state index in [0.29, 0.717) is 11.7 Å². The highest BCUT2D eigenvalue weighted by atomic mass is 16.1. The van der Waals surface area contributed by atoms with E-state index in [1.165, 1.54) is 57.8 Å². The van der Waals surface area contributed by atoms with Crippen molar-refractivity contribution in [3.05, 3.63) is 0 Å². The van der Waals surface area contributed by atoms with Crippen molar-refractivity contribution in [2.45, 2.75) is 77.6 Å². The van der Waals surface area contributed by atoms with Crippen LogP contribution in [0.15, 0.2) is 0 Å². The van der Waals surface area contributed by atoms with Gasteiger partial charge in [0.05, 0.1) is 0 Å². The van der Waals surface area contributed by atoms with Gasteiger partial charge in [0.2, 0.25) is 0 Å². The summed E-state index contributed by atoms with van der Waals surface area (Å²) in [5.41, 5.74) is 0. The van der Waals surface area contributed by atoms with Gasteiger partial charge < -0.3 is 0 Å². The van der Waals surface area contributed by atoms with Crippen molar-refractivity contribution in [1.29, 1.82) is 0 Å². The van der Waals surface area contributed by atoms with Gasteiger partial charge in [-0.05, 0) is 19.3 Å². The Balaban J connectivity index is 1.74. The summed E-state index contributed by atoms with van der Waals surface area (Å²) >= 11 is 0. The van der Waals surface area contributed by atoms with E-state index in [-0.39, 0.29) is 0 Å². The van der Waals surface area contributed by atoms with E-state index >= 15 is 0 Å². The molecule has 15 heavy (non-hydrogen) atoms. The molecule has 0 N–H and O–H groups in total. The molecular weight excluding hydrogens is 184 g/mol. The van der Waals surface area contributed by atoms with Gasteiger partial charge in [0.25, 0.3) is 0 Å². The minimum atomic E-state index is 0.481. The second-order valence-electron chi connectivity index (χ2n) is 4.97. The van der Waals surface area contributed by atoms with Crippen molar-refractivity contribution in [1.82, 2.24) is 0 Å². The van der Waals surface area contributed by atoms with Gasteiger partial charge in [0.15, 0.2) is 0 Å². The topological polar surface area (TPSA) is 17.1 Å². The van der Waals surface area contributed by atoms with E-state index in [2.05, 4.69) is 6.92 Å². The van der Waals surface area contributed by atoms with E-state index in [4.69, 9.17) is 0 Å². The van der Waals surface area contributed by atoms with Gasteiger partial charge in [0.1, 0.15) is 5.78 Å². The van der Waals surface area contributed by atoms with Crippen molar-refractivity contribution < 1.29 is 4.79 Å². The number of hydrogen-bond acceptors (Lipinski definition) is 1. The maximum Gasteiger partial charge on any atom is 0.135 e. The van der Waals surface area contributed by atoms with Crippen LogP contribution in [0.25, 0.3) is 0 Å². The molecule has 0 saturated heterocycles. The average Bonchev–Trinajstić information content (AvgIpc) is 3.05. The van der Waals surface area contributed by atoms with Crippen LogP contribution in [0.2, 0.25) is 0 Å². The zero-order valence-electron chi connectivity index (χ0n) is 10.3. The second-order valence-corrected chi connectivity index (χ2v) is 4.97. The summed E-state index contributed by atoms with van der Waals surface area (Å²) in [7, 11) is 0. The lowest BCUT2D eigenvalue weighted by Gasteiger charge is -2.01. The minimum Gasteiger partial charge on any atom is -0.299 e. The number of Topliss-reactive ketones (excluding diaryl/α,β-unsaturated/α-hetero) is 1. The fourth-order valence-electron chi connectivity index (χ4n) is 2.04. The van der Waals surface area contributed by atoms with Crippen LogP contribution < -0.4 is 0 Å². The maximum atomic E-state index is 11.4. The zero-order valence-corrected chi connectivity index (χ0v) is 10.3. The van der Waals surface area contributed by atoms with Gasteiger partial charge in [-0.2, -0.15) is 0 Å². The molecule has 0 atom stereocenters. The summed E-state index contributed by atoms with van der Waals surface area (Å²) in [5.74, 6) is 1.02. The standard InChI is InChI=1S/C14H26O/c1-2-3-4-5-6-7-8-9-10-14(15)13-11-12-13/h13H,2-12H2,1H3. The molecule has 1 rings (SSSR count). The SMILES string of the molecule is CCCCCCCCCCC(=O)C1CC1. The Hall–Kier alpha value is -0.330. The summed E-state index contributed by atoms with van der Waals surface area (Å²) in [6.45, 7) is 2.25. The largest absolute Gasteiger partial charge is 0.299 e. The Bertz CT molecular complexity index is 170. The Kier molecular flexibility index (Phi) is 6.71. The van der Waals surface area contributed by atoms with Gasteiger partial charge in [-0.1, -0.05) is 51.9 Å². The number of carbonyl (C=O) groups excluding carboxylic acids is 1. The summed E-state index contributed by atoms with van der Waals surface area (Å²) in [6.07, 6.45) is 13.8. The molecule has 0 heterocycles. The van der Waals surface area contributed by atoms with Crippen molar-refractivity contribution in [2.75, 3.05) is 0 Å². The van der Waals surface area contributed by atoms with Crippen LogP contribution in [0.1, 0.15) is 77.6 Å². The van der Waals surface area contributed by atoms with Gasteiger partial charge in [-0.15, -0.1) is 0 Å². The third-order valence-electron chi connectivity index (χ3n) is 3.31. The molecule has 88 valence electrons. The molecule has 0 aromatic rings. The Labute approximate surface area is 94.6 Å². The lowest BCUT2D eigenvalue weighted by Crippen LogP contribution is -1.99. The molecule has 0 aliphatic heterocycles. The van der Waals surface area contributed by atoms with E-state index < -0.39 is 0 Å². The predicted molar refractivity (Wildman–Crippen MR) is 65.0 cm³/mol. The third-order valence-corrected chi connectivity index (χ3v) is 3.31. The number of carbonyl (C=O) groups is 1. The van der Waals surface area contributed by atoms with Gasteiger partial charge >= 0.3 is 0 Å². The first kappa shape index (κ1) is 12.7. The summed E-state index contributed by atoms with van der Waals surface area (Å²) < 4.78 is 0. The molecule has 0 unspecified atom stereocenters. The van der Waals surface area contributed by atoms with Crippen molar-refractivity contribution in [3.63, 3.8) is 0 Å². The van der Waals surface area contributed by atoms with Gasteiger partial charge in [-0.25, -0.2) is 0 Å². The average molecular weight is 210 g/mol. The van der Waals surface area contributed by atoms with E-state index in [1.54, 1.807) is 0 Å². The lowest BCUT2D eigenvalue weighted by atomic mass is 10.0. The fourth-order valence-corrected chi connectivity index (χ4v) is 2.04. The van der Waals surface area contributed by atoms with E-state index in [9.17, 15) is 4.79 Å². The number of unbranched alkanes of at least 4 members (excludes halogenated alkanes) is 7. The molecule has 0 aromatic carbocycles. The molecule has 0 bridgehead atoms. The van der Waals surface area contributed by atoms with Crippen molar-refractivity contribution in [3.8, 4) is 0 Å². The smallest absolute Gasteiger partial charge is 0.135 e. The number of ketones is 1. The Morgan fingerprint density at radius 2 is 1.47 bits per heavy atom. The van der Waals surface area contributed by atoms with Crippen LogP contribution in [-0.2, 0) is 4.79 Å². The molecule has 1 heteroatoms. The van der Waals surface area contributed by atoms with Crippen LogP contribution >= 0.6 is 0 Å². The molecule has 1 aliphatic rings. The van der Waals surface area contributed by atoms with Crippen molar-refractivity contribution in [2.24, 2.45) is 5.92 Å². The highest BCUT2D eigenvalue weighted by Crippen LogP contribution is 2.31. The Morgan fingerprint density at radius 1 is 0.933 bits per heavy atom. The van der Waals surface area contributed by atoms with Crippen LogP contribution in [0.5, 0.6) is 0 Å².